The van der Waals surface area contributed by atoms with Crippen LogP contribution < -0.4 is 5.73 Å². The van der Waals surface area contributed by atoms with E-state index in [1.165, 1.54) is 12.0 Å². The molecule has 0 atom stereocenters. The molecule has 2 rings (SSSR count). The van der Waals surface area contributed by atoms with Crippen LogP contribution in [0, 0.1) is 0 Å². The molecular weight excluding hydrogens is 254 g/mol. The number of hydrogen-bond donors (Lipinski definition) is 1. The van der Waals surface area contributed by atoms with Gasteiger partial charge in [0, 0.05) is 5.69 Å². The van der Waals surface area contributed by atoms with Gasteiger partial charge in [-0.3, -0.25) is 0 Å². The third-order valence-corrected chi connectivity index (χ3v) is 2.27. The van der Waals surface area contributed by atoms with Crippen molar-refractivity contribution in [2.75, 3.05) is 5.73 Å². The van der Waals surface area contributed by atoms with Gasteiger partial charge in [-0.1, -0.05) is 96.5 Å². The maximum Gasteiger partial charge on any atom is 0.0313 e. The standard InChI is InChI=1S/C9H12.C6H7N.C3H8.C2H6/c1-8(2)9-6-4-3-5-7-9;7-6-4-2-1-3-5-6;1-3-2;1-2/h3-8H,1-2H3;1-5H,7H2;3H2,1-2H3;1-2H3. The lowest BCUT2D eigenvalue weighted by molar-refractivity contribution is 0.867. The second-order valence-corrected chi connectivity index (χ2v) is 4.68. The molecule has 21 heavy (non-hydrogen) atoms. The Labute approximate surface area is 132 Å². The van der Waals surface area contributed by atoms with E-state index in [1.54, 1.807) is 0 Å². The molecule has 0 fully saturated rings. The highest BCUT2D eigenvalue weighted by Crippen LogP contribution is 2.11. The number of nitrogen functional groups attached to an aromatic ring is 1. The molecule has 1 heteroatoms. The summed E-state index contributed by atoms with van der Waals surface area (Å²) in [5.74, 6) is 0.659. The molecule has 0 aliphatic carbocycles. The molecular formula is C20H33N. The molecule has 0 spiro atoms. The zero-order valence-electron chi connectivity index (χ0n) is 14.6. The Kier molecular flexibility index (Phi) is 16.7. The molecule has 2 aromatic carbocycles. The van der Waals surface area contributed by atoms with Crippen molar-refractivity contribution in [2.24, 2.45) is 0 Å². The number of rotatable bonds is 1. The maximum atomic E-state index is 5.36. The van der Waals surface area contributed by atoms with Crippen LogP contribution in [-0.2, 0) is 0 Å². The van der Waals surface area contributed by atoms with Crippen LogP contribution in [0.25, 0.3) is 0 Å². The highest BCUT2D eigenvalue weighted by atomic mass is 14.5. The first-order chi connectivity index (χ1) is 10.1. The Bertz CT molecular complexity index is 393. The van der Waals surface area contributed by atoms with Crippen LogP contribution in [0.1, 0.15) is 59.4 Å². The average Bonchev–Trinajstić information content (AvgIpc) is 2.52. The Hall–Kier alpha value is -1.76. The average molecular weight is 287 g/mol. The van der Waals surface area contributed by atoms with Crippen molar-refractivity contribution in [3.05, 3.63) is 66.2 Å². The second kappa shape index (κ2) is 16.3. The topological polar surface area (TPSA) is 26.0 Å². The number of hydrogen-bond acceptors (Lipinski definition) is 1. The van der Waals surface area contributed by atoms with Gasteiger partial charge in [0.2, 0.25) is 0 Å². The van der Waals surface area contributed by atoms with Gasteiger partial charge in [0.25, 0.3) is 0 Å². The molecule has 0 aliphatic heterocycles. The van der Waals surface area contributed by atoms with Crippen LogP contribution in [0.3, 0.4) is 0 Å². The van der Waals surface area contributed by atoms with Gasteiger partial charge in [0.05, 0.1) is 0 Å². The van der Waals surface area contributed by atoms with E-state index < -0.39 is 0 Å². The van der Waals surface area contributed by atoms with Crippen molar-refractivity contribution in [1.82, 2.24) is 0 Å². The minimum Gasteiger partial charge on any atom is -0.399 e. The molecule has 0 aromatic heterocycles. The van der Waals surface area contributed by atoms with E-state index >= 15 is 0 Å². The summed E-state index contributed by atoms with van der Waals surface area (Å²) in [7, 11) is 0. The zero-order valence-corrected chi connectivity index (χ0v) is 14.6. The molecule has 1 nitrogen and oxygen atoms in total. The van der Waals surface area contributed by atoms with Gasteiger partial charge < -0.3 is 5.73 Å². The molecule has 0 saturated carbocycles. The van der Waals surface area contributed by atoms with Crippen LogP contribution in [-0.4, -0.2) is 0 Å². The second-order valence-electron chi connectivity index (χ2n) is 4.68. The summed E-state index contributed by atoms with van der Waals surface area (Å²) < 4.78 is 0. The lowest BCUT2D eigenvalue weighted by Gasteiger charge is -2.01. The first kappa shape index (κ1) is 21.5. The van der Waals surface area contributed by atoms with Crippen molar-refractivity contribution in [3.8, 4) is 0 Å². The summed E-state index contributed by atoms with van der Waals surface area (Å²) in [5, 5.41) is 0. The largest absolute Gasteiger partial charge is 0.399 e. The molecule has 0 saturated heterocycles. The van der Waals surface area contributed by atoms with Crippen molar-refractivity contribution >= 4 is 5.69 Å². The summed E-state index contributed by atoms with van der Waals surface area (Å²) in [6, 6.07) is 20.0. The Balaban J connectivity index is 0. The number of anilines is 1. The van der Waals surface area contributed by atoms with Gasteiger partial charge in [-0.2, -0.15) is 0 Å². The van der Waals surface area contributed by atoms with E-state index in [9.17, 15) is 0 Å². The predicted molar refractivity (Wildman–Crippen MR) is 98.7 cm³/mol. The van der Waals surface area contributed by atoms with Crippen LogP contribution in [0.15, 0.2) is 60.7 Å². The summed E-state index contributed by atoms with van der Waals surface area (Å²) in [6.07, 6.45) is 1.25. The summed E-state index contributed by atoms with van der Waals surface area (Å²) in [6.45, 7) is 12.7. The minimum atomic E-state index is 0.659. The Morgan fingerprint density at radius 1 is 0.762 bits per heavy atom. The highest BCUT2D eigenvalue weighted by molar-refractivity contribution is 5.35. The van der Waals surface area contributed by atoms with Gasteiger partial charge in [-0.25, -0.2) is 0 Å². The summed E-state index contributed by atoms with van der Waals surface area (Å²) in [5.41, 5.74) is 7.59. The Morgan fingerprint density at radius 2 is 1.10 bits per heavy atom. The molecule has 118 valence electrons. The zero-order chi connectivity index (χ0) is 16.5. The Morgan fingerprint density at radius 3 is 1.29 bits per heavy atom. The predicted octanol–water partition coefficient (Wildman–Crippen LogP) is 6.52. The van der Waals surface area contributed by atoms with E-state index in [0.29, 0.717) is 5.92 Å². The van der Waals surface area contributed by atoms with E-state index in [-0.39, 0.29) is 0 Å². The summed E-state index contributed by atoms with van der Waals surface area (Å²) in [4.78, 5) is 0. The van der Waals surface area contributed by atoms with Gasteiger partial charge in [0.15, 0.2) is 0 Å². The molecule has 0 amide bonds. The quantitative estimate of drug-likeness (QED) is 0.593. The van der Waals surface area contributed by atoms with Crippen LogP contribution in [0.4, 0.5) is 5.69 Å². The SMILES string of the molecule is CC.CC(C)c1ccccc1.CCC.Nc1ccccc1. The smallest absolute Gasteiger partial charge is 0.0313 e. The van der Waals surface area contributed by atoms with E-state index in [4.69, 9.17) is 5.73 Å². The maximum absolute atomic E-state index is 5.36. The van der Waals surface area contributed by atoms with Crippen LogP contribution in [0.2, 0.25) is 0 Å². The first-order valence-corrected chi connectivity index (χ1v) is 7.97. The fourth-order valence-corrected chi connectivity index (χ4v) is 1.29. The molecule has 0 bridgehead atoms. The number of nitrogens with two attached hydrogens (primary N) is 1. The lowest BCUT2D eigenvalue weighted by Crippen LogP contribution is -1.83. The van der Waals surface area contributed by atoms with Gasteiger partial charge in [-0.15, -0.1) is 0 Å². The monoisotopic (exact) mass is 287 g/mol. The molecule has 0 heterocycles. The number of para-hydroxylation sites is 1. The minimum absolute atomic E-state index is 0.659. The molecule has 0 aliphatic rings. The summed E-state index contributed by atoms with van der Waals surface area (Å²) >= 11 is 0. The highest BCUT2D eigenvalue weighted by Gasteiger charge is 1.93. The van der Waals surface area contributed by atoms with Gasteiger partial charge >= 0.3 is 0 Å². The fraction of sp³-hybridized carbons (Fsp3) is 0.400. The van der Waals surface area contributed by atoms with Crippen molar-refractivity contribution in [3.63, 3.8) is 0 Å². The molecule has 2 N–H and O–H groups in total. The third-order valence-electron chi connectivity index (χ3n) is 2.27. The van der Waals surface area contributed by atoms with E-state index in [1.807, 2.05) is 50.2 Å². The van der Waals surface area contributed by atoms with Crippen molar-refractivity contribution in [1.29, 1.82) is 0 Å². The lowest BCUT2D eigenvalue weighted by atomic mass is 10.0. The molecule has 0 unspecified atom stereocenters. The normalized spacial score (nSPS) is 8.33. The van der Waals surface area contributed by atoms with Gasteiger partial charge in [0.1, 0.15) is 0 Å². The molecule has 2 aromatic rings. The third kappa shape index (κ3) is 14.5. The molecule has 0 radical (unpaired) electrons. The van der Waals surface area contributed by atoms with Gasteiger partial charge in [-0.05, 0) is 23.6 Å². The van der Waals surface area contributed by atoms with Crippen molar-refractivity contribution < 1.29 is 0 Å². The van der Waals surface area contributed by atoms with Crippen LogP contribution >= 0.6 is 0 Å². The van der Waals surface area contributed by atoms with Crippen molar-refractivity contribution in [2.45, 2.75) is 53.9 Å². The first-order valence-electron chi connectivity index (χ1n) is 7.97. The van der Waals surface area contributed by atoms with Crippen LogP contribution in [0.5, 0.6) is 0 Å². The number of benzene rings is 2. The van der Waals surface area contributed by atoms with E-state index in [0.717, 1.165) is 5.69 Å². The van der Waals surface area contributed by atoms with E-state index in [2.05, 4.69) is 52.0 Å². The fourth-order valence-electron chi connectivity index (χ4n) is 1.29.